The predicted molar refractivity (Wildman–Crippen MR) is 53.0 cm³/mol. The minimum absolute atomic E-state index is 0.271. The zero-order chi connectivity index (χ0) is 9.84. The first-order valence-corrected chi connectivity index (χ1v) is 4.18. The van der Waals surface area contributed by atoms with E-state index in [0.29, 0.717) is 17.8 Å². The monoisotopic (exact) mass is 175 g/mol. The summed E-state index contributed by atoms with van der Waals surface area (Å²) in [5.41, 5.74) is 13.2. The average Bonchev–Trinajstić information content (AvgIpc) is 2.17. The van der Waals surface area contributed by atoms with Gasteiger partial charge in [0.1, 0.15) is 6.07 Å². The van der Waals surface area contributed by atoms with E-state index in [1.54, 1.807) is 12.1 Å². The predicted octanol–water partition coefficient (Wildman–Crippen LogP) is 1.20. The molecule has 0 bridgehead atoms. The summed E-state index contributed by atoms with van der Waals surface area (Å²) in [7, 11) is 0. The van der Waals surface area contributed by atoms with Crippen molar-refractivity contribution in [3.05, 3.63) is 29.3 Å². The van der Waals surface area contributed by atoms with Gasteiger partial charge in [-0.05, 0) is 30.2 Å². The summed E-state index contributed by atoms with van der Waals surface area (Å²) < 4.78 is 0. The molecule has 0 aliphatic rings. The second kappa shape index (κ2) is 3.92. The van der Waals surface area contributed by atoms with E-state index in [4.69, 9.17) is 16.7 Å². The fraction of sp³-hybridized carbons (Fsp3) is 0.300. The lowest BCUT2D eigenvalue weighted by atomic mass is 9.99. The van der Waals surface area contributed by atoms with E-state index in [1.165, 1.54) is 0 Å². The van der Waals surface area contributed by atoms with E-state index in [2.05, 4.69) is 0 Å². The van der Waals surface area contributed by atoms with Crippen molar-refractivity contribution in [2.45, 2.75) is 12.8 Å². The van der Waals surface area contributed by atoms with Gasteiger partial charge in [0.25, 0.3) is 0 Å². The standard InChI is InChI=1S/C10H13N3/c1-7(5-11)8-2-3-10(13)9(4-8)6-12/h2-4,7H,5,11,13H2,1H3. The molecule has 0 aliphatic carbocycles. The Labute approximate surface area is 78.0 Å². The van der Waals surface area contributed by atoms with Crippen molar-refractivity contribution in [3.8, 4) is 6.07 Å². The van der Waals surface area contributed by atoms with Crippen molar-refractivity contribution in [2.24, 2.45) is 5.73 Å². The van der Waals surface area contributed by atoms with Crippen LogP contribution in [-0.2, 0) is 0 Å². The second-order valence-electron chi connectivity index (χ2n) is 3.10. The Morgan fingerprint density at radius 2 is 2.23 bits per heavy atom. The van der Waals surface area contributed by atoms with Crippen molar-refractivity contribution < 1.29 is 0 Å². The van der Waals surface area contributed by atoms with E-state index in [0.717, 1.165) is 5.56 Å². The average molecular weight is 175 g/mol. The number of nitriles is 1. The quantitative estimate of drug-likeness (QED) is 0.663. The van der Waals surface area contributed by atoms with Crippen LogP contribution in [0, 0.1) is 11.3 Å². The maximum atomic E-state index is 8.74. The summed E-state index contributed by atoms with van der Waals surface area (Å²) in [6.07, 6.45) is 0. The summed E-state index contributed by atoms with van der Waals surface area (Å²) in [6.45, 7) is 2.60. The van der Waals surface area contributed by atoms with Gasteiger partial charge in [-0.15, -0.1) is 0 Å². The van der Waals surface area contributed by atoms with Crippen LogP contribution >= 0.6 is 0 Å². The van der Waals surface area contributed by atoms with E-state index in [-0.39, 0.29) is 5.92 Å². The van der Waals surface area contributed by atoms with Gasteiger partial charge in [-0.25, -0.2) is 0 Å². The van der Waals surface area contributed by atoms with Gasteiger partial charge in [0, 0.05) is 5.69 Å². The Hall–Kier alpha value is -1.53. The van der Waals surface area contributed by atoms with Gasteiger partial charge in [0.05, 0.1) is 5.56 Å². The first-order chi connectivity index (χ1) is 6.19. The van der Waals surface area contributed by atoms with E-state index < -0.39 is 0 Å². The van der Waals surface area contributed by atoms with Gasteiger partial charge in [0.2, 0.25) is 0 Å². The molecule has 1 unspecified atom stereocenters. The molecule has 0 saturated carbocycles. The molecule has 4 N–H and O–H groups in total. The van der Waals surface area contributed by atoms with Gasteiger partial charge in [-0.3, -0.25) is 0 Å². The fourth-order valence-electron chi connectivity index (χ4n) is 1.11. The van der Waals surface area contributed by atoms with Crippen LogP contribution in [0.3, 0.4) is 0 Å². The highest BCUT2D eigenvalue weighted by molar-refractivity contribution is 5.55. The highest BCUT2D eigenvalue weighted by Crippen LogP contribution is 2.19. The van der Waals surface area contributed by atoms with Crippen LogP contribution in [0.1, 0.15) is 24.0 Å². The molecule has 0 amide bonds. The molecule has 0 aliphatic heterocycles. The first kappa shape index (κ1) is 9.56. The van der Waals surface area contributed by atoms with Crippen LogP contribution in [-0.4, -0.2) is 6.54 Å². The molecular formula is C10H13N3. The van der Waals surface area contributed by atoms with Gasteiger partial charge in [-0.1, -0.05) is 13.0 Å². The lowest BCUT2D eigenvalue weighted by Crippen LogP contribution is -2.09. The molecule has 0 aromatic heterocycles. The number of rotatable bonds is 2. The number of hydrogen-bond acceptors (Lipinski definition) is 3. The van der Waals surface area contributed by atoms with Crippen LogP contribution in [0.15, 0.2) is 18.2 Å². The highest BCUT2D eigenvalue weighted by Gasteiger charge is 2.05. The molecular weight excluding hydrogens is 162 g/mol. The van der Waals surface area contributed by atoms with E-state index in [1.807, 2.05) is 19.1 Å². The van der Waals surface area contributed by atoms with Crippen molar-refractivity contribution in [3.63, 3.8) is 0 Å². The first-order valence-electron chi connectivity index (χ1n) is 4.18. The Morgan fingerprint density at radius 1 is 1.54 bits per heavy atom. The largest absolute Gasteiger partial charge is 0.398 e. The number of nitrogen functional groups attached to an aromatic ring is 1. The number of nitrogens with two attached hydrogens (primary N) is 2. The smallest absolute Gasteiger partial charge is 0.101 e. The summed E-state index contributed by atoms with van der Waals surface area (Å²) in [5.74, 6) is 0.271. The zero-order valence-corrected chi connectivity index (χ0v) is 7.62. The fourth-order valence-corrected chi connectivity index (χ4v) is 1.11. The molecule has 1 atom stereocenters. The third kappa shape index (κ3) is 1.98. The summed E-state index contributed by atoms with van der Waals surface area (Å²) in [5, 5.41) is 8.74. The van der Waals surface area contributed by atoms with Crippen molar-refractivity contribution in [1.29, 1.82) is 5.26 Å². The van der Waals surface area contributed by atoms with E-state index in [9.17, 15) is 0 Å². The van der Waals surface area contributed by atoms with Gasteiger partial charge in [-0.2, -0.15) is 5.26 Å². The lowest BCUT2D eigenvalue weighted by molar-refractivity contribution is 0.774. The Balaban J connectivity index is 3.08. The molecule has 1 aromatic rings. The Kier molecular flexibility index (Phi) is 2.88. The second-order valence-corrected chi connectivity index (χ2v) is 3.10. The summed E-state index contributed by atoms with van der Waals surface area (Å²) in [4.78, 5) is 0. The molecule has 13 heavy (non-hydrogen) atoms. The lowest BCUT2D eigenvalue weighted by Gasteiger charge is -2.09. The number of benzene rings is 1. The molecule has 3 heteroatoms. The van der Waals surface area contributed by atoms with Crippen LogP contribution < -0.4 is 11.5 Å². The molecule has 68 valence electrons. The summed E-state index contributed by atoms with van der Waals surface area (Å²) >= 11 is 0. The van der Waals surface area contributed by atoms with E-state index >= 15 is 0 Å². The van der Waals surface area contributed by atoms with Gasteiger partial charge in [0.15, 0.2) is 0 Å². The van der Waals surface area contributed by atoms with Crippen LogP contribution in [0.5, 0.6) is 0 Å². The molecule has 0 radical (unpaired) electrons. The Morgan fingerprint density at radius 3 is 2.77 bits per heavy atom. The number of hydrogen-bond donors (Lipinski definition) is 2. The van der Waals surface area contributed by atoms with Crippen molar-refractivity contribution in [1.82, 2.24) is 0 Å². The highest BCUT2D eigenvalue weighted by atomic mass is 14.6. The molecule has 0 heterocycles. The normalized spacial score (nSPS) is 12.1. The van der Waals surface area contributed by atoms with Crippen LogP contribution in [0.4, 0.5) is 5.69 Å². The maximum absolute atomic E-state index is 8.74. The van der Waals surface area contributed by atoms with Crippen LogP contribution in [0.2, 0.25) is 0 Å². The number of anilines is 1. The Bertz CT molecular complexity index is 339. The zero-order valence-electron chi connectivity index (χ0n) is 7.62. The topological polar surface area (TPSA) is 75.8 Å². The van der Waals surface area contributed by atoms with Crippen molar-refractivity contribution >= 4 is 5.69 Å². The van der Waals surface area contributed by atoms with Crippen LogP contribution in [0.25, 0.3) is 0 Å². The third-order valence-electron chi connectivity index (χ3n) is 2.12. The number of nitrogens with zero attached hydrogens (tertiary/aromatic N) is 1. The minimum atomic E-state index is 0.271. The molecule has 1 aromatic carbocycles. The maximum Gasteiger partial charge on any atom is 0.101 e. The summed E-state index contributed by atoms with van der Waals surface area (Å²) in [6, 6.07) is 7.51. The molecule has 0 spiro atoms. The SMILES string of the molecule is CC(CN)c1ccc(N)c(C#N)c1. The molecule has 0 fully saturated rings. The minimum Gasteiger partial charge on any atom is -0.398 e. The third-order valence-corrected chi connectivity index (χ3v) is 2.12. The molecule has 0 saturated heterocycles. The molecule has 3 nitrogen and oxygen atoms in total. The molecule has 1 rings (SSSR count). The van der Waals surface area contributed by atoms with Gasteiger partial charge >= 0.3 is 0 Å². The van der Waals surface area contributed by atoms with Crippen molar-refractivity contribution in [2.75, 3.05) is 12.3 Å². The van der Waals surface area contributed by atoms with Gasteiger partial charge < -0.3 is 11.5 Å².